The second kappa shape index (κ2) is 14.9. The highest BCUT2D eigenvalue weighted by Gasteiger charge is 2.47. The van der Waals surface area contributed by atoms with Gasteiger partial charge in [-0.3, -0.25) is 4.79 Å². The standard InChI is InChI=1S/C30H38O11/c1-17-26(35)27(40-18(2)33)28(30(37)39-17)41-29(36)23(14-20-7-8-24(34)25(15-20)38-3)16-22(10-12-32)21-6-4-5-19(13-21)9-11-31/h4-8,13-15,17,22,26-28,30-32,34-35,37H,9-12,16H2,1-3H3. The summed E-state index contributed by atoms with van der Waals surface area (Å²) in [7, 11) is 1.39. The lowest BCUT2D eigenvalue weighted by molar-refractivity contribution is -0.284. The van der Waals surface area contributed by atoms with Crippen LogP contribution in [0.25, 0.3) is 6.08 Å². The number of methoxy groups -OCH3 is 1. The molecule has 1 fully saturated rings. The number of hydrogen-bond acceptors (Lipinski definition) is 11. The van der Waals surface area contributed by atoms with E-state index >= 15 is 0 Å². The van der Waals surface area contributed by atoms with Crippen LogP contribution in [0, 0.1) is 0 Å². The third kappa shape index (κ3) is 8.51. The molecule has 11 nitrogen and oxygen atoms in total. The maximum atomic E-state index is 13.7. The van der Waals surface area contributed by atoms with E-state index in [2.05, 4.69) is 0 Å². The Labute approximate surface area is 238 Å². The second-order valence-corrected chi connectivity index (χ2v) is 9.90. The summed E-state index contributed by atoms with van der Waals surface area (Å²) in [4.78, 5) is 25.4. The summed E-state index contributed by atoms with van der Waals surface area (Å²) in [5.41, 5.74) is 2.34. The summed E-state index contributed by atoms with van der Waals surface area (Å²) in [5, 5.41) is 50.4. The average molecular weight is 575 g/mol. The molecular formula is C30H38O11. The van der Waals surface area contributed by atoms with Crippen LogP contribution in [0.2, 0.25) is 0 Å². The van der Waals surface area contributed by atoms with Crippen molar-refractivity contribution in [3.63, 3.8) is 0 Å². The molecule has 1 aliphatic rings. The first kappa shape index (κ1) is 32.0. The first-order chi connectivity index (χ1) is 19.6. The molecule has 1 heterocycles. The summed E-state index contributed by atoms with van der Waals surface area (Å²) in [6.07, 6.45) is -4.50. The maximum absolute atomic E-state index is 13.7. The Morgan fingerprint density at radius 1 is 1.05 bits per heavy atom. The summed E-state index contributed by atoms with van der Waals surface area (Å²) in [5.74, 6) is -1.88. The molecule has 5 N–H and O–H groups in total. The van der Waals surface area contributed by atoms with Crippen molar-refractivity contribution >= 4 is 18.0 Å². The van der Waals surface area contributed by atoms with Crippen LogP contribution < -0.4 is 4.74 Å². The first-order valence-corrected chi connectivity index (χ1v) is 13.4. The van der Waals surface area contributed by atoms with Crippen LogP contribution in [0.1, 0.15) is 49.3 Å². The van der Waals surface area contributed by atoms with Crippen LogP contribution in [0.15, 0.2) is 48.0 Å². The molecule has 0 radical (unpaired) electrons. The van der Waals surface area contributed by atoms with E-state index in [1.165, 1.54) is 32.2 Å². The molecule has 0 aromatic heterocycles. The van der Waals surface area contributed by atoms with E-state index in [9.17, 15) is 35.1 Å². The van der Waals surface area contributed by atoms with Gasteiger partial charge in [0.2, 0.25) is 0 Å². The Bertz CT molecular complexity index is 1210. The number of carbonyl (C=O) groups excluding carboxylic acids is 2. The van der Waals surface area contributed by atoms with E-state index in [0.29, 0.717) is 18.4 Å². The number of benzene rings is 2. The fourth-order valence-corrected chi connectivity index (χ4v) is 4.78. The highest BCUT2D eigenvalue weighted by atomic mass is 16.7. The minimum Gasteiger partial charge on any atom is -0.504 e. The van der Waals surface area contributed by atoms with Crippen molar-refractivity contribution in [2.45, 2.75) is 69.7 Å². The van der Waals surface area contributed by atoms with Crippen molar-refractivity contribution in [3.05, 3.63) is 64.7 Å². The van der Waals surface area contributed by atoms with Gasteiger partial charge in [-0.2, -0.15) is 0 Å². The molecule has 2 aromatic carbocycles. The Morgan fingerprint density at radius 3 is 2.46 bits per heavy atom. The maximum Gasteiger partial charge on any atom is 0.334 e. The highest BCUT2D eigenvalue weighted by molar-refractivity contribution is 5.94. The fourth-order valence-electron chi connectivity index (χ4n) is 4.78. The summed E-state index contributed by atoms with van der Waals surface area (Å²) < 4.78 is 21.3. The van der Waals surface area contributed by atoms with Gasteiger partial charge in [-0.1, -0.05) is 30.3 Å². The highest BCUT2D eigenvalue weighted by Crippen LogP contribution is 2.33. The second-order valence-electron chi connectivity index (χ2n) is 9.90. The number of aliphatic hydroxyl groups excluding tert-OH is 4. The smallest absolute Gasteiger partial charge is 0.334 e. The lowest BCUT2D eigenvalue weighted by atomic mass is 9.87. The topological polar surface area (TPSA) is 172 Å². The molecule has 11 heteroatoms. The number of hydrogen-bond donors (Lipinski definition) is 5. The SMILES string of the molecule is COc1cc(C=C(CC(CCO)c2cccc(CCO)c2)C(=O)OC2C(O)OC(C)C(O)C2OC(C)=O)ccc1O. The predicted molar refractivity (Wildman–Crippen MR) is 147 cm³/mol. The molecular weight excluding hydrogens is 536 g/mol. The van der Waals surface area contributed by atoms with E-state index in [0.717, 1.165) is 18.1 Å². The first-order valence-electron chi connectivity index (χ1n) is 13.4. The van der Waals surface area contributed by atoms with Gasteiger partial charge in [0.25, 0.3) is 0 Å². The van der Waals surface area contributed by atoms with Crippen molar-refractivity contribution in [2.75, 3.05) is 20.3 Å². The zero-order valence-corrected chi connectivity index (χ0v) is 23.3. The summed E-state index contributed by atoms with van der Waals surface area (Å²) >= 11 is 0. The van der Waals surface area contributed by atoms with Crippen molar-refractivity contribution in [1.29, 1.82) is 0 Å². The zero-order valence-electron chi connectivity index (χ0n) is 23.3. The molecule has 6 atom stereocenters. The third-order valence-corrected chi connectivity index (χ3v) is 6.90. The van der Waals surface area contributed by atoms with Crippen molar-refractivity contribution in [3.8, 4) is 11.5 Å². The number of carbonyl (C=O) groups is 2. The number of aromatic hydroxyl groups is 1. The van der Waals surface area contributed by atoms with Gasteiger partial charge in [-0.25, -0.2) is 4.79 Å². The van der Waals surface area contributed by atoms with Gasteiger partial charge in [0.15, 0.2) is 30.0 Å². The number of ether oxygens (including phenoxy) is 4. The molecule has 1 saturated heterocycles. The predicted octanol–water partition coefficient (Wildman–Crippen LogP) is 1.82. The molecule has 224 valence electrons. The van der Waals surface area contributed by atoms with Crippen molar-refractivity contribution in [2.24, 2.45) is 0 Å². The Kier molecular flexibility index (Phi) is 11.7. The van der Waals surface area contributed by atoms with Gasteiger partial charge in [0.1, 0.15) is 6.10 Å². The van der Waals surface area contributed by atoms with Crippen molar-refractivity contribution in [1.82, 2.24) is 0 Å². The number of rotatable bonds is 12. The van der Waals surface area contributed by atoms with E-state index in [1.807, 2.05) is 24.3 Å². The Hall–Kier alpha value is -3.48. The third-order valence-electron chi connectivity index (χ3n) is 6.90. The summed E-state index contributed by atoms with van der Waals surface area (Å²) in [6.45, 7) is 2.41. The zero-order chi connectivity index (χ0) is 30.1. The van der Waals surface area contributed by atoms with Gasteiger partial charge in [-0.15, -0.1) is 0 Å². The molecule has 2 aromatic rings. The van der Waals surface area contributed by atoms with Gasteiger partial charge < -0.3 is 44.5 Å². The monoisotopic (exact) mass is 574 g/mol. The van der Waals surface area contributed by atoms with Crippen LogP contribution in [-0.2, 0) is 30.2 Å². The molecule has 0 amide bonds. The van der Waals surface area contributed by atoms with Gasteiger partial charge in [-0.05, 0) is 67.0 Å². The molecule has 1 aliphatic heterocycles. The normalized spacial score (nSPS) is 23.5. The quantitative estimate of drug-likeness (QED) is 0.185. The molecule has 3 rings (SSSR count). The van der Waals surface area contributed by atoms with E-state index < -0.39 is 42.6 Å². The number of aliphatic hydroxyl groups is 4. The van der Waals surface area contributed by atoms with Crippen LogP contribution in [0.5, 0.6) is 11.5 Å². The lowest BCUT2D eigenvalue weighted by Gasteiger charge is -2.40. The molecule has 0 spiro atoms. The molecule has 0 aliphatic carbocycles. The van der Waals surface area contributed by atoms with Crippen LogP contribution in [-0.4, -0.2) is 88.5 Å². The van der Waals surface area contributed by atoms with Gasteiger partial charge in [0, 0.05) is 25.7 Å². The van der Waals surface area contributed by atoms with E-state index in [4.69, 9.17) is 18.9 Å². The van der Waals surface area contributed by atoms with Gasteiger partial charge >= 0.3 is 11.9 Å². The summed E-state index contributed by atoms with van der Waals surface area (Å²) in [6, 6.07) is 12.0. The number of esters is 2. The largest absolute Gasteiger partial charge is 0.504 e. The average Bonchev–Trinajstić information content (AvgIpc) is 2.93. The van der Waals surface area contributed by atoms with Crippen LogP contribution in [0.4, 0.5) is 0 Å². The lowest BCUT2D eigenvalue weighted by Crippen LogP contribution is -2.59. The fraction of sp³-hybridized carbons (Fsp3) is 0.467. The minimum absolute atomic E-state index is 0.0337. The van der Waals surface area contributed by atoms with E-state index in [-0.39, 0.29) is 42.6 Å². The molecule has 0 bridgehead atoms. The minimum atomic E-state index is -1.68. The molecule has 0 saturated carbocycles. The Morgan fingerprint density at radius 2 is 1.80 bits per heavy atom. The van der Waals surface area contributed by atoms with Crippen LogP contribution in [0.3, 0.4) is 0 Å². The number of phenolic OH excluding ortho intramolecular Hbond substituents is 1. The molecule has 41 heavy (non-hydrogen) atoms. The molecule has 6 unspecified atom stereocenters. The van der Waals surface area contributed by atoms with Gasteiger partial charge in [0.05, 0.1) is 13.2 Å². The van der Waals surface area contributed by atoms with E-state index in [1.54, 1.807) is 6.07 Å². The Balaban J connectivity index is 2.01. The number of phenols is 1. The van der Waals surface area contributed by atoms with Crippen molar-refractivity contribution < 1.29 is 54.1 Å². The van der Waals surface area contributed by atoms with Crippen LogP contribution >= 0.6 is 0 Å².